The summed E-state index contributed by atoms with van der Waals surface area (Å²) < 4.78 is 23.5. The molecule has 4 N–H and O–H groups in total. The molecule has 7 rings (SSSR count). The van der Waals surface area contributed by atoms with Crippen LogP contribution in [0.3, 0.4) is 0 Å². The third-order valence-electron chi connectivity index (χ3n) is 8.60. The Bertz CT molecular complexity index is 1540. The van der Waals surface area contributed by atoms with Gasteiger partial charge in [-0.1, -0.05) is 43.0 Å². The van der Waals surface area contributed by atoms with E-state index in [9.17, 15) is 11.0 Å². The van der Waals surface area contributed by atoms with E-state index in [-0.39, 0.29) is 5.82 Å². The van der Waals surface area contributed by atoms with Crippen LogP contribution >= 0.6 is 11.6 Å². The lowest BCUT2D eigenvalue weighted by Gasteiger charge is -2.24. The van der Waals surface area contributed by atoms with Gasteiger partial charge in [-0.2, -0.15) is 5.26 Å². The second kappa shape index (κ2) is 9.58. The summed E-state index contributed by atoms with van der Waals surface area (Å²) in [6, 6.07) is 11.1. The Morgan fingerprint density at radius 1 is 1.21 bits per heavy atom. The average Bonchev–Trinajstić information content (AvgIpc) is 3.86. The van der Waals surface area contributed by atoms with Gasteiger partial charge in [0.2, 0.25) is 0 Å². The van der Waals surface area contributed by atoms with E-state index in [1.165, 1.54) is 44.2 Å². The molecule has 3 fully saturated rings. The number of hydrogen-bond acceptors (Lipinski definition) is 7. The van der Waals surface area contributed by atoms with Gasteiger partial charge in [0.1, 0.15) is 11.9 Å². The third-order valence-corrected chi connectivity index (χ3v) is 8.89. The molecule has 3 aliphatic carbocycles. The van der Waals surface area contributed by atoms with Gasteiger partial charge in [0.25, 0.3) is 0 Å². The lowest BCUT2D eigenvalue weighted by atomic mass is 9.85. The molecule has 2 unspecified atom stereocenters. The maximum Gasteiger partial charge on any atom is 0.123 e. The smallest absolute Gasteiger partial charge is 0.123 e. The van der Waals surface area contributed by atoms with Crippen LogP contribution in [0.4, 0.5) is 15.8 Å². The highest BCUT2D eigenvalue weighted by Crippen LogP contribution is 2.58. The Morgan fingerprint density at radius 3 is 2.74 bits per heavy atom. The van der Waals surface area contributed by atoms with E-state index >= 15 is 0 Å². The van der Waals surface area contributed by atoms with Crippen LogP contribution < -0.4 is 21.6 Å². The van der Waals surface area contributed by atoms with E-state index in [0.29, 0.717) is 50.5 Å². The molecule has 3 aromatic rings. The molecule has 9 heteroatoms. The zero-order valence-electron chi connectivity index (χ0n) is 22.5. The Morgan fingerprint density at radius 2 is 2.00 bits per heavy atom. The number of anilines is 2. The quantitative estimate of drug-likeness (QED) is 0.269. The number of fused-ring (bicyclic) bond motifs is 1. The molecule has 2 atom stereocenters. The molecule has 0 bridgehead atoms. The van der Waals surface area contributed by atoms with Gasteiger partial charge in [0.05, 0.1) is 34.9 Å². The number of nitriles is 1. The van der Waals surface area contributed by atoms with Crippen LogP contribution in [0.25, 0.3) is 10.9 Å². The highest BCUT2D eigenvalue weighted by molar-refractivity contribution is 6.35. The molecule has 2 aromatic carbocycles. The maximum absolute atomic E-state index is 13.8. The van der Waals surface area contributed by atoms with Gasteiger partial charge in [-0.15, -0.1) is 5.53 Å². The number of hydrogen-bond donors (Lipinski definition) is 4. The van der Waals surface area contributed by atoms with Crippen molar-refractivity contribution in [2.24, 2.45) is 5.41 Å². The molecule has 1 aliphatic heterocycles. The monoisotopic (exact) mass is 544 g/mol. The highest BCUT2D eigenvalue weighted by Gasteiger charge is 2.54. The Labute approximate surface area is 233 Å². The van der Waals surface area contributed by atoms with Crippen LogP contribution in [0.15, 0.2) is 54.5 Å². The molecule has 7 nitrogen and oxygen atoms in total. The van der Waals surface area contributed by atoms with E-state index in [4.69, 9.17) is 11.6 Å². The normalized spacial score (nSPS) is 23.4. The third kappa shape index (κ3) is 4.64. The summed E-state index contributed by atoms with van der Waals surface area (Å²) in [5.74, 6) is -0.368. The molecule has 0 amide bonds. The molecular formula is C30H31ClFN7. The standard InChI is InChI=1S/C30H31ClFN7/c31-24-13-21(35-28(18-4-6-20(32)7-5-18)25-17-39(38-37-25)22-8-9-22)12-23-27(19(15-33)16-34-29(23)24)36-26-14-30(26)10-2-1-3-11-30/h4-7,12-13,16-17,22,26,28,35,37-38H,1-3,8-11,14H2,(H,34,36)/i28D. The number of hydrazine groups is 2. The number of halogens is 2. The Hall–Kier alpha value is -3.54. The fraction of sp³-hybridized carbons (Fsp3) is 0.400. The summed E-state index contributed by atoms with van der Waals surface area (Å²) in [5, 5.41) is 20.1. The van der Waals surface area contributed by atoms with Crippen molar-refractivity contribution in [3.63, 3.8) is 0 Å². The van der Waals surface area contributed by atoms with E-state index in [1.54, 1.807) is 24.4 Å². The number of aromatic nitrogens is 1. The van der Waals surface area contributed by atoms with Gasteiger partial charge < -0.3 is 16.1 Å². The largest absolute Gasteiger partial charge is 0.380 e. The second-order valence-electron chi connectivity index (χ2n) is 11.3. The first-order valence-electron chi connectivity index (χ1n) is 14.2. The van der Waals surface area contributed by atoms with Crippen molar-refractivity contribution in [1.82, 2.24) is 21.0 Å². The van der Waals surface area contributed by atoms with Crippen LogP contribution in [0.5, 0.6) is 0 Å². The predicted octanol–water partition coefficient (Wildman–Crippen LogP) is 6.52. The first-order chi connectivity index (χ1) is 19.4. The lowest BCUT2D eigenvalue weighted by molar-refractivity contribution is 0.260. The second-order valence-corrected chi connectivity index (χ2v) is 11.7. The number of pyridine rings is 1. The van der Waals surface area contributed by atoms with Crippen LogP contribution in [0, 0.1) is 22.6 Å². The first-order valence-corrected chi connectivity index (χ1v) is 14.1. The molecule has 1 aromatic heterocycles. The summed E-state index contributed by atoms with van der Waals surface area (Å²) in [6.45, 7) is 0. The van der Waals surface area contributed by atoms with Crippen molar-refractivity contribution in [2.45, 2.75) is 69.5 Å². The first kappa shape index (κ1) is 23.4. The van der Waals surface area contributed by atoms with Crippen LogP contribution in [0.1, 0.15) is 69.9 Å². The van der Waals surface area contributed by atoms with Crippen LogP contribution in [-0.4, -0.2) is 22.1 Å². The number of nitrogens with zero attached hydrogens (tertiary/aromatic N) is 3. The number of benzene rings is 2. The molecule has 2 heterocycles. The Balaban J connectivity index is 1.28. The van der Waals surface area contributed by atoms with E-state index < -0.39 is 6.02 Å². The van der Waals surface area contributed by atoms with Crippen LogP contribution in [0.2, 0.25) is 5.02 Å². The van der Waals surface area contributed by atoms with Crippen LogP contribution in [-0.2, 0) is 0 Å². The molecule has 4 aliphatic rings. The van der Waals surface area contributed by atoms with Crippen molar-refractivity contribution in [1.29, 1.82) is 5.26 Å². The average molecular weight is 545 g/mol. The molecule has 0 saturated heterocycles. The molecular weight excluding hydrogens is 513 g/mol. The van der Waals surface area contributed by atoms with Crippen molar-refractivity contribution in [3.05, 3.63) is 76.5 Å². The zero-order chi connectivity index (χ0) is 27.5. The number of nitrogens with one attached hydrogen (secondary N) is 4. The molecule has 200 valence electrons. The fourth-order valence-electron chi connectivity index (χ4n) is 6.17. The van der Waals surface area contributed by atoms with Gasteiger partial charge >= 0.3 is 0 Å². The van der Waals surface area contributed by atoms with E-state index in [0.717, 1.165) is 30.3 Å². The van der Waals surface area contributed by atoms with Gasteiger partial charge in [0, 0.05) is 35.6 Å². The Kier molecular flexibility index (Phi) is 5.74. The minimum atomic E-state index is -1.49. The molecule has 0 radical (unpaired) electrons. The van der Waals surface area contributed by atoms with E-state index in [1.807, 2.05) is 17.3 Å². The summed E-state index contributed by atoms with van der Waals surface area (Å²) in [7, 11) is 0. The predicted molar refractivity (Wildman–Crippen MR) is 151 cm³/mol. The SMILES string of the molecule is [2H]C(Nc1cc(Cl)c2ncc(C#N)c(NC3CC34CCCCC4)c2c1)(C1=CN(C2CC2)NN1)c1ccc(F)cc1. The van der Waals surface area contributed by atoms with Gasteiger partial charge in [-0.05, 0) is 67.3 Å². The summed E-state index contributed by atoms with van der Waals surface area (Å²) in [6.07, 6.45) is 13.0. The lowest BCUT2D eigenvalue weighted by Crippen LogP contribution is -2.38. The van der Waals surface area contributed by atoms with Crippen molar-refractivity contribution in [2.75, 3.05) is 10.6 Å². The van der Waals surface area contributed by atoms with Crippen molar-refractivity contribution >= 4 is 33.9 Å². The highest BCUT2D eigenvalue weighted by atomic mass is 35.5. The fourth-order valence-corrected chi connectivity index (χ4v) is 6.44. The van der Waals surface area contributed by atoms with Crippen molar-refractivity contribution in [3.8, 4) is 6.07 Å². The van der Waals surface area contributed by atoms with Gasteiger partial charge in [0.15, 0.2) is 0 Å². The summed E-state index contributed by atoms with van der Waals surface area (Å²) in [4.78, 5) is 4.51. The van der Waals surface area contributed by atoms with Gasteiger partial charge in [-0.3, -0.25) is 9.99 Å². The minimum Gasteiger partial charge on any atom is -0.380 e. The topological polar surface area (TPSA) is 88.0 Å². The molecule has 39 heavy (non-hydrogen) atoms. The van der Waals surface area contributed by atoms with Gasteiger partial charge in [-0.25, -0.2) is 4.39 Å². The number of rotatable bonds is 7. The van der Waals surface area contributed by atoms with Crippen molar-refractivity contribution < 1.29 is 5.76 Å². The maximum atomic E-state index is 13.8. The summed E-state index contributed by atoms with van der Waals surface area (Å²) in [5.41, 5.74) is 10.1. The molecule has 3 saturated carbocycles. The minimum absolute atomic E-state index is 0.320. The zero-order valence-corrected chi connectivity index (χ0v) is 22.3. The summed E-state index contributed by atoms with van der Waals surface area (Å²) >= 11 is 6.78. The van der Waals surface area contributed by atoms with E-state index in [2.05, 4.69) is 32.6 Å². The molecule has 1 spiro atoms.